The van der Waals surface area contributed by atoms with Gasteiger partial charge in [0.2, 0.25) is 0 Å². The molecule has 2 saturated heterocycles. The Labute approximate surface area is 228 Å². The van der Waals surface area contributed by atoms with Crippen LogP contribution in [0.3, 0.4) is 0 Å². The number of halogens is 7. The monoisotopic (exact) mass is 578 g/mol. The van der Waals surface area contributed by atoms with Crippen molar-refractivity contribution in [3.8, 4) is 0 Å². The minimum Gasteiger partial charge on any atom is -0.393 e. The molecule has 2 aliphatic rings. The predicted molar refractivity (Wildman–Crippen MR) is 133 cm³/mol. The highest BCUT2D eigenvalue weighted by Gasteiger charge is 2.41. The molecule has 0 bridgehead atoms. The van der Waals surface area contributed by atoms with Crippen LogP contribution in [0, 0.1) is 5.82 Å². The Bertz CT molecular complexity index is 1090. The number of hydrogen-bond donors (Lipinski definition) is 1. The molecular formula is C28H33F7N2O3. The van der Waals surface area contributed by atoms with Gasteiger partial charge in [-0.25, -0.2) is 4.39 Å². The van der Waals surface area contributed by atoms with E-state index in [4.69, 9.17) is 9.47 Å². The van der Waals surface area contributed by atoms with Crippen LogP contribution < -0.4 is 0 Å². The Kier molecular flexibility index (Phi) is 9.45. The molecule has 12 heteroatoms. The normalized spacial score (nSPS) is 24.5. The molecule has 4 rings (SSSR count). The molecular weight excluding hydrogens is 545 g/mol. The average molecular weight is 579 g/mol. The molecule has 2 aromatic carbocycles. The highest BCUT2D eigenvalue weighted by molar-refractivity contribution is 5.35. The summed E-state index contributed by atoms with van der Waals surface area (Å²) in [6, 6.07) is 6.57. The first-order valence-electron chi connectivity index (χ1n) is 13.2. The van der Waals surface area contributed by atoms with Crippen LogP contribution in [0.1, 0.15) is 61.1 Å². The van der Waals surface area contributed by atoms with Crippen molar-refractivity contribution in [2.24, 2.45) is 0 Å². The van der Waals surface area contributed by atoms with Gasteiger partial charge in [-0.1, -0.05) is 12.1 Å². The molecule has 5 nitrogen and oxygen atoms in total. The summed E-state index contributed by atoms with van der Waals surface area (Å²) in [5, 5.41) is 10.1. The molecule has 5 atom stereocenters. The van der Waals surface area contributed by atoms with E-state index in [1.165, 1.54) is 12.1 Å². The third-order valence-electron chi connectivity index (χ3n) is 7.76. The van der Waals surface area contributed by atoms with Gasteiger partial charge >= 0.3 is 12.4 Å². The quantitative estimate of drug-likeness (QED) is 0.360. The fourth-order valence-electron chi connectivity index (χ4n) is 5.25. The summed E-state index contributed by atoms with van der Waals surface area (Å²) >= 11 is 0. The Morgan fingerprint density at radius 3 is 2.12 bits per heavy atom. The second-order valence-corrected chi connectivity index (χ2v) is 10.4. The zero-order valence-corrected chi connectivity index (χ0v) is 22.2. The second kappa shape index (κ2) is 12.3. The topological polar surface area (TPSA) is 45.2 Å². The molecule has 0 aliphatic carbocycles. The minimum atomic E-state index is -5.05. The molecule has 2 unspecified atom stereocenters. The van der Waals surface area contributed by atoms with Crippen LogP contribution in [0.5, 0.6) is 0 Å². The van der Waals surface area contributed by atoms with Gasteiger partial charge in [0.25, 0.3) is 0 Å². The van der Waals surface area contributed by atoms with E-state index in [-0.39, 0.29) is 18.7 Å². The van der Waals surface area contributed by atoms with E-state index in [9.17, 15) is 35.8 Å². The van der Waals surface area contributed by atoms with Crippen LogP contribution >= 0.6 is 0 Å². The van der Waals surface area contributed by atoms with Gasteiger partial charge in [0.1, 0.15) is 11.9 Å². The van der Waals surface area contributed by atoms with Crippen LogP contribution in [0.4, 0.5) is 30.7 Å². The van der Waals surface area contributed by atoms with Gasteiger partial charge in [0.05, 0.1) is 30.4 Å². The molecule has 2 fully saturated rings. The number of morpholine rings is 1. The first kappa shape index (κ1) is 30.7. The van der Waals surface area contributed by atoms with Gasteiger partial charge in [-0.2, -0.15) is 26.3 Å². The summed E-state index contributed by atoms with van der Waals surface area (Å²) in [4.78, 5) is 4.44. The number of rotatable bonds is 9. The maximum Gasteiger partial charge on any atom is 0.416 e. The molecule has 222 valence electrons. The van der Waals surface area contributed by atoms with E-state index in [2.05, 4.69) is 16.7 Å². The number of hydrogen-bond acceptors (Lipinski definition) is 5. The van der Waals surface area contributed by atoms with Crippen molar-refractivity contribution in [3.05, 3.63) is 70.5 Å². The van der Waals surface area contributed by atoms with Gasteiger partial charge in [-0.15, -0.1) is 0 Å². The van der Waals surface area contributed by atoms with Crippen LogP contribution in [0.25, 0.3) is 0 Å². The zero-order valence-electron chi connectivity index (χ0n) is 22.2. The molecule has 0 saturated carbocycles. The fourth-order valence-corrected chi connectivity index (χ4v) is 5.25. The lowest BCUT2D eigenvalue weighted by molar-refractivity contribution is -0.242. The minimum absolute atomic E-state index is 0.00387. The highest BCUT2D eigenvalue weighted by atomic mass is 19.4. The summed E-state index contributed by atoms with van der Waals surface area (Å²) in [7, 11) is 0. The van der Waals surface area contributed by atoms with Gasteiger partial charge in [-0.05, 0) is 81.2 Å². The van der Waals surface area contributed by atoms with Crippen molar-refractivity contribution < 1.29 is 45.3 Å². The molecule has 2 aromatic rings. The van der Waals surface area contributed by atoms with Crippen molar-refractivity contribution in [1.82, 2.24) is 9.80 Å². The largest absolute Gasteiger partial charge is 0.416 e. The molecule has 0 amide bonds. The van der Waals surface area contributed by atoms with Crippen LogP contribution in [0.2, 0.25) is 0 Å². The standard InChI is InChI=1S/C28H33F7N2O3/c1-17-7-9-36(17)10-8-18(2)37-11-12-39-26(25(37)19-3-5-23(29)6-4-19)40-24(16-38)20-13-21(27(30,31)32)15-22(14-20)28(33,34)35/h3-6,13-15,17-18,24-26,38H,7-12,16H2,1-2H3/t17?,18?,24-,25+,26-/m1/s1. The second-order valence-electron chi connectivity index (χ2n) is 10.4. The molecule has 0 radical (unpaired) electrons. The third kappa shape index (κ3) is 7.14. The zero-order chi connectivity index (χ0) is 29.2. The summed E-state index contributed by atoms with van der Waals surface area (Å²) in [5.74, 6) is -0.471. The van der Waals surface area contributed by atoms with Crippen molar-refractivity contribution in [2.45, 2.75) is 69.6 Å². The van der Waals surface area contributed by atoms with E-state index in [0.29, 0.717) is 30.3 Å². The Balaban J connectivity index is 1.64. The SMILES string of the molecule is CC1CCN1CCC(C)N1CCO[C@H](O[C@H](CO)c2cc(C(F)(F)F)cc(C(F)(F)F)c2)[C@@H]1c1ccc(F)cc1. The van der Waals surface area contributed by atoms with Gasteiger partial charge < -0.3 is 19.5 Å². The lowest BCUT2D eigenvalue weighted by Crippen LogP contribution is -2.52. The van der Waals surface area contributed by atoms with Crippen molar-refractivity contribution in [3.63, 3.8) is 0 Å². The maximum atomic E-state index is 13.8. The van der Waals surface area contributed by atoms with Crippen LogP contribution in [0.15, 0.2) is 42.5 Å². The number of likely N-dealkylation sites (tertiary alicyclic amines) is 1. The van der Waals surface area contributed by atoms with Gasteiger partial charge in [0.15, 0.2) is 6.29 Å². The number of nitrogens with zero attached hydrogens (tertiary/aromatic N) is 2. The smallest absolute Gasteiger partial charge is 0.393 e. The maximum absolute atomic E-state index is 13.8. The molecule has 0 spiro atoms. The summed E-state index contributed by atoms with van der Waals surface area (Å²) in [6.07, 6.45) is -10.9. The van der Waals surface area contributed by atoms with E-state index in [1.54, 1.807) is 12.1 Å². The van der Waals surface area contributed by atoms with Crippen molar-refractivity contribution in [1.29, 1.82) is 0 Å². The summed E-state index contributed by atoms with van der Waals surface area (Å²) in [6.45, 7) is 5.81. The van der Waals surface area contributed by atoms with Crippen LogP contribution in [-0.2, 0) is 21.8 Å². The lowest BCUT2D eigenvalue weighted by atomic mass is 9.98. The van der Waals surface area contributed by atoms with Gasteiger partial charge in [0, 0.05) is 18.6 Å². The number of aliphatic hydroxyl groups excluding tert-OH is 1. The number of alkyl halides is 6. The number of aliphatic hydroxyl groups is 1. The number of ether oxygens (including phenoxy) is 2. The molecule has 1 N–H and O–H groups in total. The summed E-state index contributed by atoms with van der Waals surface area (Å²) in [5.41, 5.74) is -2.89. The fraction of sp³-hybridized carbons (Fsp3) is 0.571. The Morgan fingerprint density at radius 1 is 1.00 bits per heavy atom. The third-order valence-corrected chi connectivity index (χ3v) is 7.76. The molecule has 2 aliphatic heterocycles. The number of benzene rings is 2. The van der Waals surface area contributed by atoms with Crippen molar-refractivity contribution >= 4 is 0 Å². The molecule has 40 heavy (non-hydrogen) atoms. The van der Waals surface area contributed by atoms with E-state index >= 15 is 0 Å². The predicted octanol–water partition coefficient (Wildman–Crippen LogP) is 6.19. The Hall–Kier alpha value is -2.25. The van der Waals surface area contributed by atoms with E-state index in [0.717, 1.165) is 25.9 Å². The lowest BCUT2D eigenvalue weighted by Gasteiger charge is -2.46. The highest BCUT2D eigenvalue weighted by Crippen LogP contribution is 2.40. The molecule has 2 heterocycles. The first-order valence-corrected chi connectivity index (χ1v) is 13.2. The Morgan fingerprint density at radius 2 is 1.62 bits per heavy atom. The van der Waals surface area contributed by atoms with Crippen LogP contribution in [-0.4, -0.2) is 66.1 Å². The summed E-state index contributed by atoms with van der Waals surface area (Å²) < 4.78 is 106. The average Bonchev–Trinajstić information content (AvgIpc) is 2.90. The first-order chi connectivity index (χ1) is 18.8. The molecule has 0 aromatic heterocycles. The van der Waals surface area contributed by atoms with E-state index in [1.807, 2.05) is 6.92 Å². The van der Waals surface area contributed by atoms with Gasteiger partial charge in [-0.3, -0.25) is 4.90 Å². The van der Waals surface area contributed by atoms with Crippen molar-refractivity contribution in [2.75, 3.05) is 32.8 Å². The van der Waals surface area contributed by atoms with E-state index < -0.39 is 59.9 Å².